The lowest BCUT2D eigenvalue weighted by molar-refractivity contribution is -0.0544. The van der Waals surface area contributed by atoms with Crippen molar-refractivity contribution < 1.29 is 9.53 Å². The van der Waals surface area contributed by atoms with Gasteiger partial charge < -0.3 is 15.0 Å². The lowest BCUT2D eigenvalue weighted by Crippen LogP contribution is -2.51. The summed E-state index contributed by atoms with van der Waals surface area (Å²) in [5.74, 6) is 0. The second-order valence-electron chi connectivity index (χ2n) is 5.24. The van der Waals surface area contributed by atoms with Crippen molar-refractivity contribution in [2.75, 3.05) is 19.6 Å². The van der Waals surface area contributed by atoms with Crippen LogP contribution >= 0.6 is 11.6 Å². The molecule has 1 aromatic carbocycles. The maximum absolute atomic E-state index is 12.1. The van der Waals surface area contributed by atoms with E-state index < -0.39 is 0 Å². The van der Waals surface area contributed by atoms with Gasteiger partial charge in [-0.3, -0.25) is 0 Å². The quantitative estimate of drug-likeness (QED) is 0.932. The zero-order chi connectivity index (χ0) is 14.5. The molecule has 1 heterocycles. The number of ether oxygens (including phenoxy) is 1. The van der Waals surface area contributed by atoms with Crippen LogP contribution in [-0.2, 0) is 11.2 Å². The van der Waals surface area contributed by atoms with E-state index >= 15 is 0 Å². The third kappa shape index (κ3) is 4.12. The predicted octanol–water partition coefficient (Wildman–Crippen LogP) is 2.70. The van der Waals surface area contributed by atoms with Gasteiger partial charge in [-0.15, -0.1) is 0 Å². The molecule has 0 aromatic heterocycles. The molecule has 1 aromatic rings. The first-order valence-corrected chi connectivity index (χ1v) is 7.35. The van der Waals surface area contributed by atoms with Crippen LogP contribution in [0.4, 0.5) is 4.79 Å². The maximum Gasteiger partial charge on any atom is 0.317 e. The Morgan fingerprint density at radius 2 is 2.00 bits per heavy atom. The highest BCUT2D eigenvalue weighted by Crippen LogP contribution is 2.15. The molecule has 20 heavy (non-hydrogen) atoms. The molecule has 0 saturated carbocycles. The van der Waals surface area contributed by atoms with Gasteiger partial charge in [-0.1, -0.05) is 29.8 Å². The smallest absolute Gasteiger partial charge is 0.317 e. The van der Waals surface area contributed by atoms with E-state index in [-0.39, 0.29) is 18.2 Å². The second-order valence-corrected chi connectivity index (χ2v) is 5.64. The van der Waals surface area contributed by atoms with Crippen LogP contribution < -0.4 is 5.32 Å². The molecule has 1 aliphatic heterocycles. The van der Waals surface area contributed by atoms with Gasteiger partial charge in [-0.25, -0.2) is 4.79 Å². The Hall–Kier alpha value is -1.26. The molecular formula is C15H21ClN2O2. The van der Waals surface area contributed by atoms with Gasteiger partial charge in [0.15, 0.2) is 0 Å². The van der Waals surface area contributed by atoms with Crippen LogP contribution in [0.3, 0.4) is 0 Å². The van der Waals surface area contributed by atoms with Crippen molar-refractivity contribution in [3.05, 3.63) is 34.9 Å². The second kappa shape index (κ2) is 6.95. The summed E-state index contributed by atoms with van der Waals surface area (Å²) in [4.78, 5) is 13.9. The summed E-state index contributed by atoms with van der Waals surface area (Å²) < 4.78 is 5.62. The summed E-state index contributed by atoms with van der Waals surface area (Å²) in [5.41, 5.74) is 1.05. The molecule has 0 aliphatic carbocycles. The van der Waals surface area contributed by atoms with Gasteiger partial charge in [-0.2, -0.15) is 0 Å². The molecule has 1 N–H and O–H groups in total. The van der Waals surface area contributed by atoms with Crippen LogP contribution in [0.2, 0.25) is 5.02 Å². The van der Waals surface area contributed by atoms with E-state index in [1.165, 1.54) is 0 Å². The number of carbonyl (C=O) groups is 1. The van der Waals surface area contributed by atoms with Gasteiger partial charge in [0.25, 0.3) is 0 Å². The number of carbonyl (C=O) groups excluding carboxylic acids is 1. The number of nitrogens with one attached hydrogen (secondary N) is 1. The molecule has 1 fully saturated rings. The van der Waals surface area contributed by atoms with Crippen LogP contribution in [0.25, 0.3) is 0 Å². The Labute approximate surface area is 125 Å². The van der Waals surface area contributed by atoms with Gasteiger partial charge >= 0.3 is 6.03 Å². The van der Waals surface area contributed by atoms with Crippen molar-refractivity contribution in [3.63, 3.8) is 0 Å². The topological polar surface area (TPSA) is 41.6 Å². The Morgan fingerprint density at radius 1 is 1.35 bits per heavy atom. The van der Waals surface area contributed by atoms with Gasteiger partial charge in [-0.05, 0) is 31.9 Å². The highest BCUT2D eigenvalue weighted by Gasteiger charge is 2.25. The normalized spacial score (nSPS) is 22.6. The van der Waals surface area contributed by atoms with E-state index in [0.717, 1.165) is 17.0 Å². The molecule has 2 amide bonds. The van der Waals surface area contributed by atoms with E-state index in [1.54, 1.807) is 0 Å². The zero-order valence-corrected chi connectivity index (χ0v) is 12.7. The first-order valence-electron chi connectivity index (χ1n) is 6.98. The van der Waals surface area contributed by atoms with Crippen molar-refractivity contribution in [2.24, 2.45) is 0 Å². The number of halogens is 1. The summed E-state index contributed by atoms with van der Waals surface area (Å²) in [5, 5.41) is 3.69. The Morgan fingerprint density at radius 3 is 2.65 bits per heavy atom. The maximum atomic E-state index is 12.1. The fourth-order valence-corrected chi connectivity index (χ4v) is 2.69. The summed E-state index contributed by atoms with van der Waals surface area (Å²) >= 11 is 6.09. The summed E-state index contributed by atoms with van der Waals surface area (Å²) in [6.07, 6.45) is 0.919. The van der Waals surface area contributed by atoms with Crippen molar-refractivity contribution in [1.29, 1.82) is 0 Å². The predicted molar refractivity (Wildman–Crippen MR) is 80.1 cm³/mol. The average Bonchev–Trinajstić information content (AvgIpc) is 2.39. The first-order chi connectivity index (χ1) is 9.56. The summed E-state index contributed by atoms with van der Waals surface area (Å²) in [6, 6.07) is 7.67. The minimum absolute atomic E-state index is 0.0287. The van der Waals surface area contributed by atoms with Crippen molar-refractivity contribution in [3.8, 4) is 0 Å². The van der Waals surface area contributed by atoms with Crippen LogP contribution in [-0.4, -0.2) is 42.8 Å². The molecule has 1 saturated heterocycles. The largest absolute Gasteiger partial charge is 0.372 e. The number of rotatable bonds is 3. The minimum Gasteiger partial charge on any atom is -0.372 e. The lowest BCUT2D eigenvalue weighted by Gasteiger charge is -2.35. The highest BCUT2D eigenvalue weighted by molar-refractivity contribution is 6.31. The van der Waals surface area contributed by atoms with Crippen LogP contribution in [0.15, 0.2) is 24.3 Å². The number of hydrogen-bond donors (Lipinski definition) is 1. The Kier molecular flexibility index (Phi) is 5.26. The Bertz CT molecular complexity index is 457. The number of morpholine rings is 1. The molecule has 5 heteroatoms. The number of urea groups is 1. The molecule has 1 aliphatic rings. The fraction of sp³-hybridized carbons (Fsp3) is 0.533. The minimum atomic E-state index is -0.0287. The molecule has 2 unspecified atom stereocenters. The third-order valence-corrected chi connectivity index (χ3v) is 3.70. The lowest BCUT2D eigenvalue weighted by atomic mass is 10.1. The molecule has 2 atom stereocenters. The molecule has 0 radical (unpaired) electrons. The number of hydrogen-bond acceptors (Lipinski definition) is 2. The molecule has 4 nitrogen and oxygen atoms in total. The molecule has 0 bridgehead atoms. The van der Waals surface area contributed by atoms with Gasteiger partial charge in [0.2, 0.25) is 0 Å². The third-order valence-electron chi connectivity index (χ3n) is 3.34. The van der Waals surface area contributed by atoms with Crippen molar-refractivity contribution >= 4 is 17.6 Å². The van der Waals surface area contributed by atoms with Crippen LogP contribution in [0.5, 0.6) is 0 Å². The average molecular weight is 297 g/mol. The standard InChI is InChI=1S/C15H21ClN2O2/c1-11-9-18(10-12(2)20-11)15(19)17-8-7-13-5-3-4-6-14(13)16/h3-6,11-12H,7-10H2,1-2H3,(H,17,19). The van der Waals surface area contributed by atoms with Gasteiger partial charge in [0.05, 0.1) is 12.2 Å². The van der Waals surface area contributed by atoms with E-state index in [0.29, 0.717) is 19.6 Å². The van der Waals surface area contributed by atoms with Gasteiger partial charge in [0.1, 0.15) is 0 Å². The molecule has 2 rings (SSSR count). The first kappa shape index (κ1) is 15.1. The molecular weight excluding hydrogens is 276 g/mol. The highest BCUT2D eigenvalue weighted by atomic mass is 35.5. The molecule has 110 valence electrons. The van der Waals surface area contributed by atoms with E-state index in [1.807, 2.05) is 43.0 Å². The van der Waals surface area contributed by atoms with E-state index in [4.69, 9.17) is 16.3 Å². The number of nitrogens with zero attached hydrogens (tertiary/aromatic N) is 1. The number of amides is 2. The SMILES string of the molecule is CC1CN(C(=O)NCCc2ccccc2Cl)CC(C)O1. The van der Waals surface area contributed by atoms with Gasteiger partial charge in [0, 0.05) is 24.7 Å². The summed E-state index contributed by atoms with van der Waals surface area (Å²) in [6.45, 7) is 5.84. The fourth-order valence-electron chi connectivity index (χ4n) is 2.46. The van der Waals surface area contributed by atoms with Crippen LogP contribution in [0.1, 0.15) is 19.4 Å². The van der Waals surface area contributed by atoms with Crippen LogP contribution in [0, 0.1) is 0 Å². The van der Waals surface area contributed by atoms with E-state index in [9.17, 15) is 4.79 Å². The van der Waals surface area contributed by atoms with Crippen molar-refractivity contribution in [2.45, 2.75) is 32.5 Å². The molecule has 0 spiro atoms. The monoisotopic (exact) mass is 296 g/mol. The zero-order valence-electron chi connectivity index (χ0n) is 11.9. The number of benzene rings is 1. The Balaban J connectivity index is 1.79. The summed E-state index contributed by atoms with van der Waals surface area (Å²) in [7, 11) is 0. The van der Waals surface area contributed by atoms with E-state index in [2.05, 4.69) is 5.32 Å². The van der Waals surface area contributed by atoms with Crippen molar-refractivity contribution in [1.82, 2.24) is 10.2 Å².